The number of alkyl halides is 3. The summed E-state index contributed by atoms with van der Waals surface area (Å²) in [7, 11) is 0. The first-order valence-corrected chi connectivity index (χ1v) is 20.0. The molecule has 2 aliphatic heterocycles. The van der Waals surface area contributed by atoms with Crippen LogP contribution in [0.4, 0.5) is 24.5 Å². The van der Waals surface area contributed by atoms with Crippen molar-refractivity contribution in [3.8, 4) is 0 Å². The van der Waals surface area contributed by atoms with Gasteiger partial charge in [-0.15, -0.1) is 46.2 Å². The number of benzene rings is 4. The van der Waals surface area contributed by atoms with Gasteiger partial charge in [0.05, 0.1) is 73.8 Å². The summed E-state index contributed by atoms with van der Waals surface area (Å²) in [5.74, 6) is -2.63. The van der Waals surface area contributed by atoms with Crippen LogP contribution in [0.2, 0.25) is 0 Å². The molecule has 2 aromatic heterocycles. The van der Waals surface area contributed by atoms with E-state index in [1.54, 1.807) is 40.5 Å². The summed E-state index contributed by atoms with van der Waals surface area (Å²) in [4.78, 5) is 61.9. The van der Waals surface area contributed by atoms with Gasteiger partial charge >= 0.3 is 18.1 Å². The topological polar surface area (TPSA) is 141 Å². The highest BCUT2D eigenvalue weighted by Gasteiger charge is 2.38. The molecule has 8 rings (SSSR count). The molecule has 0 radical (unpaired) electrons. The van der Waals surface area contributed by atoms with Gasteiger partial charge in [-0.25, -0.2) is 9.97 Å². The molecule has 0 bridgehead atoms. The van der Waals surface area contributed by atoms with E-state index in [0.29, 0.717) is 17.2 Å². The number of fused-ring (bicyclic) bond motifs is 4. The van der Waals surface area contributed by atoms with E-state index in [-0.39, 0.29) is 35.5 Å². The number of carbonyl (C=O) groups excluding carboxylic acids is 2. The van der Waals surface area contributed by atoms with Crippen LogP contribution >= 0.6 is 46.2 Å². The Bertz CT molecular complexity index is 2470. The number of thioether (sulfide) groups is 2. The molecule has 2 unspecified atom stereocenters. The number of aliphatic carboxylic acids is 2. The second-order valence-electron chi connectivity index (χ2n) is 12.5. The zero-order valence-electron chi connectivity index (χ0n) is 28.6. The number of halogens is 3. The van der Waals surface area contributed by atoms with Crippen molar-refractivity contribution in [1.82, 2.24) is 9.97 Å². The molecule has 0 saturated heterocycles. The van der Waals surface area contributed by atoms with Crippen LogP contribution in [0.5, 0.6) is 0 Å². The van der Waals surface area contributed by atoms with Gasteiger partial charge in [0.15, 0.2) is 0 Å². The molecule has 17 heteroatoms. The quantitative estimate of drug-likeness (QED) is 0.153. The van der Waals surface area contributed by atoms with Gasteiger partial charge in [-0.2, -0.15) is 13.2 Å². The molecule has 0 saturated carbocycles. The largest absolute Gasteiger partial charge is 0.481 e. The SMILES string of the molecule is Cc1cccc2sc(CN3C(=O)C(CC(=O)O)Sc4ccccc43)nc12.O=C(O)CC1Sc2ccccc2N(Cc2nc3cccc(C(F)(F)F)c3s2)C1=O. The highest BCUT2D eigenvalue weighted by atomic mass is 32.2. The molecule has 0 spiro atoms. The van der Waals surface area contributed by atoms with E-state index in [1.807, 2.05) is 49.4 Å². The minimum Gasteiger partial charge on any atom is -0.481 e. The minimum absolute atomic E-state index is 0.0178. The van der Waals surface area contributed by atoms with Gasteiger partial charge in [-0.1, -0.05) is 42.5 Å². The van der Waals surface area contributed by atoms with Gasteiger partial charge in [0.2, 0.25) is 11.8 Å². The van der Waals surface area contributed by atoms with Crippen LogP contribution in [0.25, 0.3) is 20.4 Å². The summed E-state index contributed by atoms with van der Waals surface area (Å²) in [6, 6.07) is 24.5. The van der Waals surface area contributed by atoms with Crippen LogP contribution in [-0.2, 0) is 38.4 Å². The number of thiazole rings is 2. The molecule has 0 fully saturated rings. The van der Waals surface area contributed by atoms with Crippen LogP contribution < -0.4 is 9.80 Å². The first-order valence-electron chi connectivity index (χ1n) is 16.6. The lowest BCUT2D eigenvalue weighted by Gasteiger charge is -2.32. The lowest BCUT2D eigenvalue weighted by molar-refractivity contribution is -0.138. The van der Waals surface area contributed by atoms with E-state index < -0.39 is 40.1 Å². The smallest absolute Gasteiger partial charge is 0.417 e. The third-order valence-corrected chi connectivity index (χ3v) is 13.3. The van der Waals surface area contributed by atoms with Crippen molar-refractivity contribution in [2.24, 2.45) is 0 Å². The maximum atomic E-state index is 13.3. The molecule has 10 nitrogen and oxygen atoms in total. The fourth-order valence-corrected chi connectivity index (χ4v) is 10.8. The van der Waals surface area contributed by atoms with Crippen LogP contribution in [0.15, 0.2) is 94.7 Å². The van der Waals surface area contributed by atoms with Gasteiger partial charge in [-0.05, 0) is 55.0 Å². The van der Waals surface area contributed by atoms with E-state index in [9.17, 15) is 32.3 Å². The highest BCUT2D eigenvalue weighted by Crippen LogP contribution is 2.43. The molecule has 55 heavy (non-hydrogen) atoms. The first-order chi connectivity index (χ1) is 26.3. The molecule has 2 aliphatic rings. The van der Waals surface area contributed by atoms with Crippen LogP contribution in [-0.4, -0.2) is 54.4 Å². The Morgan fingerprint density at radius 1 is 0.709 bits per heavy atom. The molecule has 4 heterocycles. The van der Waals surface area contributed by atoms with E-state index >= 15 is 0 Å². The maximum absolute atomic E-state index is 13.3. The number of carboxylic acids is 2. The van der Waals surface area contributed by atoms with Crippen LogP contribution in [0, 0.1) is 6.92 Å². The van der Waals surface area contributed by atoms with Crippen molar-refractivity contribution in [1.29, 1.82) is 0 Å². The Morgan fingerprint density at radius 2 is 1.24 bits per heavy atom. The Morgan fingerprint density at radius 3 is 1.76 bits per heavy atom. The highest BCUT2D eigenvalue weighted by molar-refractivity contribution is 8.01. The number of carboxylic acid groups (broad SMARTS) is 2. The summed E-state index contributed by atoms with van der Waals surface area (Å²) in [6.45, 7) is 2.35. The Kier molecular flexibility index (Phi) is 10.9. The van der Waals surface area contributed by atoms with E-state index in [0.717, 1.165) is 53.7 Å². The number of anilines is 2. The van der Waals surface area contributed by atoms with Gasteiger partial charge in [0, 0.05) is 9.79 Å². The second kappa shape index (κ2) is 15.6. The zero-order chi connectivity index (χ0) is 39.0. The number of aromatic nitrogens is 2. The van der Waals surface area contributed by atoms with Crippen LogP contribution in [0.1, 0.15) is 34.0 Å². The number of aryl methyl sites for hydroxylation is 1. The summed E-state index contributed by atoms with van der Waals surface area (Å²) in [5.41, 5.74) is 2.94. The summed E-state index contributed by atoms with van der Waals surface area (Å²) >= 11 is 4.96. The number of amides is 2. The van der Waals surface area contributed by atoms with Gasteiger partial charge in [0.1, 0.15) is 10.0 Å². The number of hydrogen-bond donors (Lipinski definition) is 2. The number of nitrogens with zero attached hydrogens (tertiary/aromatic N) is 4. The number of rotatable bonds is 8. The molecule has 2 amide bonds. The Labute approximate surface area is 328 Å². The third kappa shape index (κ3) is 8.20. The van der Waals surface area contributed by atoms with Crippen molar-refractivity contribution in [3.05, 3.63) is 106 Å². The summed E-state index contributed by atoms with van der Waals surface area (Å²) < 4.78 is 40.9. The third-order valence-electron chi connectivity index (χ3n) is 8.67. The molecule has 4 aromatic carbocycles. The van der Waals surface area contributed by atoms with Gasteiger partial charge in [-0.3, -0.25) is 19.2 Å². The molecular weight excluding hydrogens is 794 g/mol. The van der Waals surface area contributed by atoms with Crippen molar-refractivity contribution < 1.29 is 42.6 Å². The molecular formula is C38H29F3N4O6S4. The molecule has 2 atom stereocenters. The van der Waals surface area contributed by atoms with Crippen molar-refractivity contribution >= 4 is 102 Å². The fraction of sp³-hybridized carbons (Fsp3) is 0.211. The predicted molar refractivity (Wildman–Crippen MR) is 208 cm³/mol. The second-order valence-corrected chi connectivity index (χ2v) is 17.2. The Hall–Kier alpha value is -4.97. The Balaban J connectivity index is 0.000000170. The monoisotopic (exact) mass is 822 g/mol. The van der Waals surface area contributed by atoms with Crippen molar-refractivity contribution in [3.63, 3.8) is 0 Å². The molecule has 2 N–H and O–H groups in total. The summed E-state index contributed by atoms with van der Waals surface area (Å²) in [6.07, 6.45) is -5.03. The number of carbonyl (C=O) groups is 4. The summed E-state index contributed by atoms with van der Waals surface area (Å²) in [5, 5.41) is 18.0. The van der Waals surface area contributed by atoms with E-state index in [2.05, 4.69) is 4.98 Å². The van der Waals surface area contributed by atoms with Gasteiger partial charge in [0.25, 0.3) is 0 Å². The van der Waals surface area contributed by atoms with Crippen molar-refractivity contribution in [2.75, 3.05) is 9.80 Å². The predicted octanol–water partition coefficient (Wildman–Crippen LogP) is 8.88. The minimum atomic E-state index is -4.50. The molecule has 6 aromatic rings. The fourth-order valence-electron chi connectivity index (χ4n) is 6.21. The van der Waals surface area contributed by atoms with Crippen molar-refractivity contribution in [2.45, 2.75) is 59.3 Å². The maximum Gasteiger partial charge on any atom is 0.417 e. The van der Waals surface area contributed by atoms with Crippen LogP contribution in [0.3, 0.4) is 0 Å². The van der Waals surface area contributed by atoms with Gasteiger partial charge < -0.3 is 20.0 Å². The molecule has 282 valence electrons. The first kappa shape index (κ1) is 38.3. The lowest BCUT2D eigenvalue weighted by atomic mass is 10.2. The zero-order valence-corrected chi connectivity index (χ0v) is 31.9. The average molecular weight is 823 g/mol. The normalized spacial score (nSPS) is 16.8. The van der Waals surface area contributed by atoms with E-state index in [1.165, 1.54) is 40.6 Å². The standard InChI is InChI=1S/C19H13F3N2O3S2.C19H16N2O3S2/c20-19(21,22)10-4-3-5-11-17(10)29-15(23-11)9-24-12-6-1-2-7-13(12)28-14(18(24)27)8-16(25)26;1-11-5-4-8-14-18(11)20-16(26-14)10-21-12-6-2-3-7-13(12)25-15(19(21)24)9-17(22)23/h1-7,14H,8-9H2,(H,25,26);2-8,15H,9-10H2,1H3,(H,22,23). The lowest BCUT2D eigenvalue weighted by Crippen LogP contribution is -2.41. The number of hydrogen-bond acceptors (Lipinski definition) is 10. The average Bonchev–Trinajstić information content (AvgIpc) is 3.75. The van der Waals surface area contributed by atoms with E-state index in [4.69, 9.17) is 15.2 Å². The number of para-hydroxylation sites is 3. The molecule has 0 aliphatic carbocycles.